The van der Waals surface area contributed by atoms with Crippen LogP contribution in [0.5, 0.6) is 11.5 Å². The molecule has 6 heteroatoms. The molecule has 0 saturated carbocycles. The molecule has 0 atom stereocenters. The van der Waals surface area contributed by atoms with Crippen molar-refractivity contribution in [2.45, 2.75) is 33.4 Å². The Balaban J connectivity index is 1.63. The molecule has 0 spiro atoms. The molecule has 164 valence electrons. The summed E-state index contributed by atoms with van der Waals surface area (Å²) in [7, 11) is 0. The second kappa shape index (κ2) is 11.8. The molecule has 0 amide bonds. The number of aryl methyl sites for hydroxylation is 1. The fraction of sp³-hybridized carbons (Fsp3) is 0.280. The van der Waals surface area contributed by atoms with Gasteiger partial charge in [-0.15, -0.1) is 0 Å². The molecule has 0 aromatic heterocycles. The predicted octanol–water partition coefficient (Wildman–Crippen LogP) is 7.37. The Kier molecular flexibility index (Phi) is 9.09. The van der Waals surface area contributed by atoms with E-state index in [4.69, 9.17) is 32.7 Å². The molecular formula is C25H26BrCl2NO2. The third kappa shape index (κ3) is 6.88. The van der Waals surface area contributed by atoms with Gasteiger partial charge >= 0.3 is 0 Å². The first-order chi connectivity index (χ1) is 15.0. The number of halogens is 3. The van der Waals surface area contributed by atoms with Gasteiger partial charge in [0, 0.05) is 16.6 Å². The van der Waals surface area contributed by atoms with Gasteiger partial charge in [-0.1, -0.05) is 53.5 Å². The minimum atomic E-state index is 0.491. The fourth-order valence-electron chi connectivity index (χ4n) is 3.23. The maximum absolute atomic E-state index is 6.25. The first kappa shape index (κ1) is 23.9. The molecule has 0 aliphatic heterocycles. The van der Waals surface area contributed by atoms with Gasteiger partial charge in [-0.3, -0.25) is 0 Å². The monoisotopic (exact) mass is 521 g/mol. The number of benzene rings is 3. The average Bonchev–Trinajstić information content (AvgIpc) is 2.73. The highest BCUT2D eigenvalue weighted by Gasteiger charge is 2.13. The summed E-state index contributed by atoms with van der Waals surface area (Å²) in [6.45, 7) is 6.63. The van der Waals surface area contributed by atoms with Crippen molar-refractivity contribution in [3.8, 4) is 11.5 Å². The van der Waals surface area contributed by atoms with Gasteiger partial charge in [0.2, 0.25) is 0 Å². The van der Waals surface area contributed by atoms with Crippen LogP contribution in [0.4, 0.5) is 0 Å². The highest BCUT2D eigenvalue weighted by atomic mass is 79.9. The van der Waals surface area contributed by atoms with Crippen LogP contribution in [-0.4, -0.2) is 13.2 Å². The lowest BCUT2D eigenvalue weighted by molar-refractivity contribution is 0.267. The maximum atomic E-state index is 6.25. The standard InChI is InChI=1S/C25H26BrCl2NO2/c1-3-30-24-13-18(15-29-11-10-19-8-9-21(27)14-23(19)28)12-22(26)25(24)31-16-20-7-5-4-6-17(20)2/h4-9,12-14,29H,3,10-11,15-16H2,1-2H3. The second-order valence-corrected chi connectivity index (χ2v) is 8.91. The Labute approximate surface area is 202 Å². The Hall–Kier alpha value is -1.72. The molecule has 0 aliphatic rings. The number of rotatable bonds is 10. The Morgan fingerprint density at radius 3 is 2.52 bits per heavy atom. The highest BCUT2D eigenvalue weighted by molar-refractivity contribution is 9.10. The molecule has 3 rings (SSSR count). The molecule has 3 aromatic rings. The molecule has 3 nitrogen and oxygen atoms in total. The normalized spacial score (nSPS) is 10.9. The largest absolute Gasteiger partial charge is 0.490 e. The molecule has 0 saturated heterocycles. The molecule has 1 N–H and O–H groups in total. The van der Waals surface area contributed by atoms with E-state index in [1.54, 1.807) is 6.07 Å². The zero-order chi connectivity index (χ0) is 22.2. The predicted molar refractivity (Wildman–Crippen MR) is 133 cm³/mol. The van der Waals surface area contributed by atoms with Gasteiger partial charge in [0.05, 0.1) is 11.1 Å². The SMILES string of the molecule is CCOc1cc(CNCCc2ccc(Cl)cc2Cl)cc(Br)c1OCc1ccccc1C. The van der Waals surface area contributed by atoms with Gasteiger partial charge in [-0.2, -0.15) is 0 Å². The first-order valence-corrected chi connectivity index (χ1v) is 11.8. The molecule has 3 aromatic carbocycles. The summed E-state index contributed by atoms with van der Waals surface area (Å²) in [4.78, 5) is 0. The summed E-state index contributed by atoms with van der Waals surface area (Å²) >= 11 is 15.9. The lowest BCUT2D eigenvalue weighted by atomic mass is 10.1. The molecule has 0 fully saturated rings. The number of hydrogen-bond acceptors (Lipinski definition) is 3. The Bertz CT molecular complexity index is 1030. The molecule has 0 unspecified atom stereocenters. The van der Waals surface area contributed by atoms with Gasteiger partial charge in [-0.05, 0) is 89.3 Å². The fourth-order valence-corrected chi connectivity index (χ4v) is 4.34. The van der Waals surface area contributed by atoms with Crippen molar-refractivity contribution in [2.24, 2.45) is 0 Å². The van der Waals surface area contributed by atoms with Crippen LogP contribution in [0.25, 0.3) is 0 Å². The van der Waals surface area contributed by atoms with E-state index < -0.39 is 0 Å². The first-order valence-electron chi connectivity index (χ1n) is 10.2. The third-order valence-corrected chi connectivity index (χ3v) is 6.09. The van der Waals surface area contributed by atoms with E-state index in [-0.39, 0.29) is 0 Å². The van der Waals surface area contributed by atoms with Crippen LogP contribution in [0.3, 0.4) is 0 Å². The smallest absolute Gasteiger partial charge is 0.175 e. The Morgan fingerprint density at radius 1 is 0.968 bits per heavy atom. The van der Waals surface area contributed by atoms with E-state index in [0.717, 1.165) is 45.6 Å². The summed E-state index contributed by atoms with van der Waals surface area (Å²) in [5.41, 5.74) is 4.55. The van der Waals surface area contributed by atoms with Crippen LogP contribution in [0.2, 0.25) is 10.0 Å². The van der Waals surface area contributed by atoms with Gasteiger partial charge in [-0.25, -0.2) is 0 Å². The molecule has 0 bridgehead atoms. The van der Waals surface area contributed by atoms with E-state index in [1.165, 1.54) is 5.56 Å². The molecule has 0 aliphatic carbocycles. The minimum absolute atomic E-state index is 0.491. The quantitative estimate of drug-likeness (QED) is 0.282. The number of ether oxygens (including phenoxy) is 2. The van der Waals surface area contributed by atoms with Crippen LogP contribution in [0.1, 0.15) is 29.2 Å². The van der Waals surface area contributed by atoms with Gasteiger partial charge in [0.25, 0.3) is 0 Å². The molecule has 0 heterocycles. The zero-order valence-corrected chi connectivity index (χ0v) is 20.8. The summed E-state index contributed by atoms with van der Waals surface area (Å²) in [6.07, 6.45) is 0.826. The lowest BCUT2D eigenvalue weighted by Crippen LogP contribution is -2.17. The summed E-state index contributed by atoms with van der Waals surface area (Å²) in [5, 5.41) is 4.82. The summed E-state index contributed by atoms with van der Waals surface area (Å²) in [5.74, 6) is 1.46. The van der Waals surface area contributed by atoms with Crippen molar-refractivity contribution >= 4 is 39.1 Å². The summed E-state index contributed by atoms with van der Waals surface area (Å²) in [6, 6.07) is 17.9. The lowest BCUT2D eigenvalue weighted by Gasteiger charge is -2.16. The maximum Gasteiger partial charge on any atom is 0.175 e. The van der Waals surface area contributed by atoms with Crippen LogP contribution < -0.4 is 14.8 Å². The molecular weight excluding hydrogens is 497 g/mol. The molecule has 31 heavy (non-hydrogen) atoms. The minimum Gasteiger partial charge on any atom is -0.490 e. The summed E-state index contributed by atoms with van der Waals surface area (Å²) < 4.78 is 12.9. The van der Waals surface area contributed by atoms with Gasteiger partial charge in [0.15, 0.2) is 11.5 Å². The van der Waals surface area contributed by atoms with E-state index in [1.807, 2.05) is 37.3 Å². The van der Waals surface area contributed by atoms with Crippen LogP contribution in [-0.2, 0) is 19.6 Å². The van der Waals surface area contributed by atoms with Crippen LogP contribution in [0, 0.1) is 6.92 Å². The third-order valence-electron chi connectivity index (χ3n) is 4.92. The number of nitrogens with one attached hydrogen (secondary N) is 1. The van der Waals surface area contributed by atoms with E-state index >= 15 is 0 Å². The Morgan fingerprint density at radius 2 is 1.77 bits per heavy atom. The zero-order valence-electron chi connectivity index (χ0n) is 17.7. The van der Waals surface area contributed by atoms with Crippen molar-refractivity contribution < 1.29 is 9.47 Å². The van der Waals surface area contributed by atoms with Crippen molar-refractivity contribution in [3.05, 3.63) is 91.4 Å². The number of hydrogen-bond donors (Lipinski definition) is 1. The van der Waals surface area contributed by atoms with E-state index in [9.17, 15) is 0 Å². The van der Waals surface area contributed by atoms with Crippen molar-refractivity contribution in [2.75, 3.05) is 13.2 Å². The van der Waals surface area contributed by atoms with E-state index in [2.05, 4.69) is 46.4 Å². The van der Waals surface area contributed by atoms with Crippen molar-refractivity contribution in [1.82, 2.24) is 5.32 Å². The molecule has 0 radical (unpaired) electrons. The second-order valence-electron chi connectivity index (χ2n) is 7.22. The van der Waals surface area contributed by atoms with Crippen molar-refractivity contribution in [1.29, 1.82) is 0 Å². The average molecular weight is 523 g/mol. The highest BCUT2D eigenvalue weighted by Crippen LogP contribution is 2.37. The van der Waals surface area contributed by atoms with Gasteiger partial charge < -0.3 is 14.8 Å². The van der Waals surface area contributed by atoms with Crippen LogP contribution in [0.15, 0.2) is 59.1 Å². The van der Waals surface area contributed by atoms with Crippen molar-refractivity contribution in [3.63, 3.8) is 0 Å². The topological polar surface area (TPSA) is 30.5 Å². The van der Waals surface area contributed by atoms with Gasteiger partial charge in [0.1, 0.15) is 6.61 Å². The van der Waals surface area contributed by atoms with Crippen LogP contribution >= 0.6 is 39.1 Å². The van der Waals surface area contributed by atoms with E-state index in [0.29, 0.717) is 29.8 Å².